The van der Waals surface area contributed by atoms with Crippen LogP contribution in [0.1, 0.15) is 26.6 Å². The van der Waals surface area contributed by atoms with Crippen LogP contribution in [0.5, 0.6) is 0 Å². The summed E-state index contributed by atoms with van der Waals surface area (Å²) < 4.78 is 42.6. The molecule has 2 aromatic heterocycles. The van der Waals surface area contributed by atoms with E-state index in [4.69, 9.17) is 11.6 Å². The molecule has 0 spiro atoms. The molecule has 0 aliphatic heterocycles. The van der Waals surface area contributed by atoms with Crippen LogP contribution < -0.4 is 5.32 Å². The highest BCUT2D eigenvalue weighted by Crippen LogP contribution is 2.36. The van der Waals surface area contributed by atoms with Crippen molar-refractivity contribution in [1.82, 2.24) is 9.36 Å². The maximum atomic E-state index is 12.9. The van der Waals surface area contributed by atoms with E-state index in [1.165, 1.54) is 17.4 Å². The highest BCUT2D eigenvalue weighted by Gasteiger charge is 2.30. The van der Waals surface area contributed by atoms with E-state index in [-0.39, 0.29) is 5.88 Å². The van der Waals surface area contributed by atoms with Crippen molar-refractivity contribution < 1.29 is 18.0 Å². The van der Waals surface area contributed by atoms with E-state index in [2.05, 4.69) is 14.7 Å². The molecule has 0 fully saturated rings. The lowest BCUT2D eigenvalue weighted by molar-refractivity contribution is -0.137. The van der Waals surface area contributed by atoms with Gasteiger partial charge in [-0.1, -0.05) is 12.1 Å². The Morgan fingerprint density at radius 2 is 2.08 bits per heavy atom. The number of aryl methyl sites for hydroxylation is 1. The Kier molecular flexibility index (Phi) is 5.31. The van der Waals surface area contributed by atoms with Crippen LogP contribution in [0.15, 0.2) is 30.3 Å². The Labute approximate surface area is 159 Å². The minimum absolute atomic E-state index is 0.142. The smallest absolute Gasteiger partial charge is 0.297 e. The van der Waals surface area contributed by atoms with E-state index >= 15 is 0 Å². The number of halogens is 4. The summed E-state index contributed by atoms with van der Waals surface area (Å²) in [6.45, 7) is 1.74. The number of hydrogen-bond donors (Lipinski definition) is 1. The zero-order valence-electron chi connectivity index (χ0n) is 13.2. The van der Waals surface area contributed by atoms with Gasteiger partial charge in [0, 0.05) is 21.3 Å². The van der Waals surface area contributed by atoms with Gasteiger partial charge in [0.15, 0.2) is 5.82 Å². The first-order chi connectivity index (χ1) is 12.3. The summed E-state index contributed by atoms with van der Waals surface area (Å²) in [4.78, 5) is 17.7. The molecular formula is C16H11ClF3N3OS2. The first-order valence-electron chi connectivity index (χ1n) is 7.26. The Bertz CT molecular complexity index is 952. The molecule has 0 bridgehead atoms. The van der Waals surface area contributed by atoms with Crippen molar-refractivity contribution in [2.75, 3.05) is 5.32 Å². The van der Waals surface area contributed by atoms with Crippen LogP contribution in [0.2, 0.25) is 0 Å². The maximum absolute atomic E-state index is 12.9. The number of carbonyl (C=O) groups excluding carboxylic acids is 1. The number of hydrogen-bond acceptors (Lipinski definition) is 5. The van der Waals surface area contributed by atoms with Gasteiger partial charge in [0.1, 0.15) is 0 Å². The van der Waals surface area contributed by atoms with E-state index in [0.717, 1.165) is 23.7 Å². The molecule has 3 rings (SSSR count). The summed E-state index contributed by atoms with van der Waals surface area (Å²) in [6.07, 6.45) is -4.42. The number of benzene rings is 1. The summed E-state index contributed by atoms with van der Waals surface area (Å²) in [5.74, 6) is 0.164. The molecule has 136 valence electrons. The number of nitrogens with zero attached hydrogens (tertiary/aromatic N) is 2. The van der Waals surface area contributed by atoms with Gasteiger partial charge in [-0.05, 0) is 30.7 Å². The fourth-order valence-corrected chi connectivity index (χ4v) is 4.01. The van der Waals surface area contributed by atoms with Crippen LogP contribution in [0.3, 0.4) is 0 Å². The van der Waals surface area contributed by atoms with Gasteiger partial charge in [0.05, 0.1) is 17.0 Å². The van der Waals surface area contributed by atoms with Crippen molar-refractivity contribution in [3.05, 3.63) is 52.2 Å². The zero-order chi connectivity index (χ0) is 18.9. The molecule has 2 heterocycles. The summed E-state index contributed by atoms with van der Waals surface area (Å²) in [7, 11) is 0. The molecule has 0 unspecified atom stereocenters. The summed E-state index contributed by atoms with van der Waals surface area (Å²) in [6, 6.07) is 6.60. The number of alkyl halides is 4. The number of carbonyl (C=O) groups is 1. The Morgan fingerprint density at radius 1 is 1.31 bits per heavy atom. The summed E-state index contributed by atoms with van der Waals surface area (Å²) >= 11 is 7.89. The fraction of sp³-hybridized carbons (Fsp3) is 0.188. The Balaban J connectivity index is 1.86. The number of amides is 1. The number of aromatic nitrogens is 2. The van der Waals surface area contributed by atoms with Gasteiger partial charge in [-0.25, -0.2) is 4.98 Å². The molecule has 1 amide bonds. The van der Waals surface area contributed by atoms with Crippen molar-refractivity contribution >= 4 is 45.5 Å². The molecule has 0 saturated heterocycles. The van der Waals surface area contributed by atoms with E-state index in [9.17, 15) is 18.0 Å². The third-order valence-electron chi connectivity index (χ3n) is 3.44. The van der Waals surface area contributed by atoms with Crippen LogP contribution in [0.4, 0.5) is 18.3 Å². The lowest BCUT2D eigenvalue weighted by Crippen LogP contribution is -2.11. The summed E-state index contributed by atoms with van der Waals surface area (Å²) in [5, 5.41) is 2.94. The van der Waals surface area contributed by atoms with Crippen LogP contribution in [-0.4, -0.2) is 15.3 Å². The standard InChI is InChI=1S/C16H11ClF3N3OS2/c1-8-11(14(24)22-15-21-13(7-17)23-26-15)6-12(25-8)9-3-2-4-10(5-9)16(18,19)20/h2-6H,7H2,1H3,(H,21,22,23,24). The zero-order valence-corrected chi connectivity index (χ0v) is 15.6. The number of anilines is 1. The van der Waals surface area contributed by atoms with Gasteiger partial charge >= 0.3 is 6.18 Å². The van der Waals surface area contributed by atoms with Gasteiger partial charge in [0.25, 0.3) is 5.91 Å². The van der Waals surface area contributed by atoms with Crippen LogP contribution in [0.25, 0.3) is 10.4 Å². The highest BCUT2D eigenvalue weighted by molar-refractivity contribution is 7.15. The topological polar surface area (TPSA) is 54.9 Å². The molecule has 0 saturated carbocycles. The van der Waals surface area contributed by atoms with E-state index in [0.29, 0.717) is 31.8 Å². The second kappa shape index (κ2) is 7.34. The quantitative estimate of drug-likeness (QED) is 0.563. The third kappa shape index (κ3) is 4.05. The number of thiophene rings is 1. The van der Waals surface area contributed by atoms with Crippen molar-refractivity contribution in [2.45, 2.75) is 19.0 Å². The Morgan fingerprint density at radius 3 is 2.73 bits per heavy atom. The molecule has 0 radical (unpaired) electrons. The van der Waals surface area contributed by atoms with Gasteiger partial charge < -0.3 is 0 Å². The van der Waals surface area contributed by atoms with E-state index in [1.807, 2.05) is 0 Å². The van der Waals surface area contributed by atoms with Gasteiger partial charge in [-0.3, -0.25) is 10.1 Å². The lowest BCUT2D eigenvalue weighted by atomic mass is 10.1. The molecule has 1 aromatic carbocycles. The molecule has 3 aromatic rings. The molecular weight excluding hydrogens is 407 g/mol. The SMILES string of the molecule is Cc1sc(-c2cccc(C(F)(F)F)c2)cc1C(=O)Nc1nc(CCl)ns1. The van der Waals surface area contributed by atoms with E-state index < -0.39 is 17.6 Å². The molecule has 0 aliphatic carbocycles. The van der Waals surface area contributed by atoms with Crippen LogP contribution >= 0.6 is 34.5 Å². The van der Waals surface area contributed by atoms with Crippen molar-refractivity contribution in [1.29, 1.82) is 0 Å². The van der Waals surface area contributed by atoms with Crippen molar-refractivity contribution in [2.24, 2.45) is 0 Å². The van der Waals surface area contributed by atoms with Crippen LogP contribution in [0, 0.1) is 6.92 Å². The molecule has 1 N–H and O–H groups in total. The average molecular weight is 418 g/mol. The largest absolute Gasteiger partial charge is 0.416 e. The second-order valence-corrected chi connectivity index (χ2v) is 7.54. The monoisotopic (exact) mass is 417 g/mol. The average Bonchev–Trinajstić information content (AvgIpc) is 3.20. The second-order valence-electron chi connectivity index (χ2n) is 5.26. The molecule has 26 heavy (non-hydrogen) atoms. The van der Waals surface area contributed by atoms with Gasteiger partial charge in [-0.15, -0.1) is 22.9 Å². The molecule has 10 heteroatoms. The van der Waals surface area contributed by atoms with Gasteiger partial charge in [-0.2, -0.15) is 17.5 Å². The molecule has 0 aliphatic rings. The van der Waals surface area contributed by atoms with Crippen LogP contribution in [-0.2, 0) is 12.1 Å². The number of rotatable bonds is 4. The van der Waals surface area contributed by atoms with Crippen molar-refractivity contribution in [3.8, 4) is 10.4 Å². The fourth-order valence-electron chi connectivity index (χ4n) is 2.22. The first-order valence-corrected chi connectivity index (χ1v) is 9.38. The molecule has 4 nitrogen and oxygen atoms in total. The highest BCUT2D eigenvalue weighted by atomic mass is 35.5. The van der Waals surface area contributed by atoms with Crippen molar-refractivity contribution in [3.63, 3.8) is 0 Å². The third-order valence-corrected chi connectivity index (χ3v) is 5.45. The maximum Gasteiger partial charge on any atom is 0.416 e. The lowest BCUT2D eigenvalue weighted by Gasteiger charge is -2.07. The normalized spacial score (nSPS) is 11.6. The summed E-state index contributed by atoms with van der Waals surface area (Å²) in [5.41, 5.74) is 0.0619. The predicted octanol–water partition coefficient (Wildman–Crippen LogP) is 5.58. The minimum atomic E-state index is -4.42. The first kappa shape index (κ1) is 18.8. The van der Waals surface area contributed by atoms with E-state index in [1.54, 1.807) is 19.1 Å². The minimum Gasteiger partial charge on any atom is -0.297 e. The Hall–Kier alpha value is -1.97. The molecule has 0 atom stereocenters. The number of nitrogens with one attached hydrogen (secondary N) is 1. The van der Waals surface area contributed by atoms with Gasteiger partial charge in [0.2, 0.25) is 5.13 Å². The predicted molar refractivity (Wildman–Crippen MR) is 96.9 cm³/mol.